The minimum absolute atomic E-state index is 0.426. The number of anilines is 1. The van der Waals surface area contributed by atoms with E-state index in [2.05, 4.69) is 55.7 Å². The second-order valence-corrected chi connectivity index (χ2v) is 5.73. The Kier molecular flexibility index (Phi) is 4.89. The molecule has 21 heavy (non-hydrogen) atoms. The van der Waals surface area contributed by atoms with Crippen molar-refractivity contribution in [2.45, 2.75) is 40.2 Å². The van der Waals surface area contributed by atoms with Gasteiger partial charge in [0.05, 0.1) is 0 Å². The lowest BCUT2D eigenvalue weighted by Gasteiger charge is -2.29. The van der Waals surface area contributed by atoms with Crippen molar-refractivity contribution >= 4 is 5.82 Å². The van der Waals surface area contributed by atoms with Gasteiger partial charge in [-0.05, 0) is 31.4 Å². The molecule has 2 heterocycles. The number of hydrogen-bond acceptors (Lipinski definition) is 4. The molecule has 0 spiro atoms. The van der Waals surface area contributed by atoms with Crippen LogP contribution in [0.3, 0.4) is 0 Å². The molecule has 2 aromatic rings. The smallest absolute Gasteiger partial charge is 0.161 e. The molecule has 2 aromatic heterocycles. The predicted molar refractivity (Wildman–Crippen MR) is 87.3 cm³/mol. The van der Waals surface area contributed by atoms with Crippen molar-refractivity contribution in [3.8, 4) is 11.4 Å². The van der Waals surface area contributed by atoms with E-state index in [1.54, 1.807) is 12.4 Å². The largest absolute Gasteiger partial charge is 0.357 e. The van der Waals surface area contributed by atoms with Gasteiger partial charge in [0.2, 0.25) is 0 Å². The first kappa shape index (κ1) is 15.4. The van der Waals surface area contributed by atoms with E-state index in [0.717, 1.165) is 29.3 Å². The summed E-state index contributed by atoms with van der Waals surface area (Å²) in [4.78, 5) is 15.7. The SMILES string of the molecule is CCc1cc(N(C)[C@H](C)C(C)C)nc(-c2ccncc2)n1. The monoisotopic (exact) mass is 284 g/mol. The van der Waals surface area contributed by atoms with E-state index in [0.29, 0.717) is 12.0 Å². The van der Waals surface area contributed by atoms with Gasteiger partial charge in [0, 0.05) is 42.8 Å². The quantitative estimate of drug-likeness (QED) is 0.841. The van der Waals surface area contributed by atoms with Crippen LogP contribution in [0, 0.1) is 5.92 Å². The summed E-state index contributed by atoms with van der Waals surface area (Å²) in [6.07, 6.45) is 4.45. The van der Waals surface area contributed by atoms with Crippen LogP contribution < -0.4 is 4.90 Å². The molecule has 0 saturated carbocycles. The van der Waals surface area contributed by atoms with E-state index in [1.165, 1.54) is 0 Å². The van der Waals surface area contributed by atoms with Crippen molar-refractivity contribution in [3.05, 3.63) is 36.3 Å². The Morgan fingerprint density at radius 3 is 2.33 bits per heavy atom. The van der Waals surface area contributed by atoms with Gasteiger partial charge in [-0.25, -0.2) is 9.97 Å². The summed E-state index contributed by atoms with van der Waals surface area (Å²) >= 11 is 0. The third kappa shape index (κ3) is 3.57. The fourth-order valence-electron chi connectivity index (χ4n) is 2.13. The van der Waals surface area contributed by atoms with Gasteiger partial charge in [-0.3, -0.25) is 4.98 Å². The summed E-state index contributed by atoms with van der Waals surface area (Å²) in [6, 6.07) is 6.41. The van der Waals surface area contributed by atoms with Crippen LogP contribution in [0.4, 0.5) is 5.82 Å². The van der Waals surface area contributed by atoms with Crippen LogP contribution in [0.5, 0.6) is 0 Å². The van der Waals surface area contributed by atoms with Crippen LogP contribution in [0.2, 0.25) is 0 Å². The van der Waals surface area contributed by atoms with Crippen LogP contribution in [-0.2, 0) is 6.42 Å². The molecular weight excluding hydrogens is 260 g/mol. The standard InChI is InChI=1S/C17H24N4/c1-6-15-11-16(21(5)13(4)12(2)3)20-17(19-15)14-7-9-18-10-8-14/h7-13H,6H2,1-5H3/t13-/m1/s1. The summed E-state index contributed by atoms with van der Waals surface area (Å²) in [6.45, 7) is 8.80. The van der Waals surface area contributed by atoms with Crippen LogP contribution >= 0.6 is 0 Å². The zero-order chi connectivity index (χ0) is 15.4. The second kappa shape index (κ2) is 6.66. The molecule has 0 aliphatic carbocycles. The van der Waals surface area contributed by atoms with Gasteiger partial charge >= 0.3 is 0 Å². The van der Waals surface area contributed by atoms with Crippen LogP contribution in [0.15, 0.2) is 30.6 Å². The molecular formula is C17H24N4. The average molecular weight is 284 g/mol. The third-order valence-electron chi connectivity index (χ3n) is 4.00. The first-order valence-electron chi connectivity index (χ1n) is 7.54. The topological polar surface area (TPSA) is 41.9 Å². The van der Waals surface area contributed by atoms with Gasteiger partial charge in [-0.2, -0.15) is 0 Å². The van der Waals surface area contributed by atoms with E-state index in [9.17, 15) is 0 Å². The molecule has 4 nitrogen and oxygen atoms in total. The number of aromatic nitrogens is 3. The molecule has 0 fully saturated rings. The molecule has 0 aliphatic heterocycles. The molecule has 0 aromatic carbocycles. The molecule has 0 radical (unpaired) electrons. The Labute approximate surface area is 127 Å². The highest BCUT2D eigenvalue weighted by Gasteiger charge is 2.16. The number of rotatable bonds is 5. The van der Waals surface area contributed by atoms with E-state index in [-0.39, 0.29) is 0 Å². The lowest BCUT2D eigenvalue weighted by Crippen LogP contribution is -2.34. The maximum absolute atomic E-state index is 4.74. The normalized spacial score (nSPS) is 12.5. The van der Waals surface area contributed by atoms with Gasteiger partial charge in [0.15, 0.2) is 5.82 Å². The van der Waals surface area contributed by atoms with E-state index >= 15 is 0 Å². The van der Waals surface area contributed by atoms with Crippen molar-refractivity contribution in [1.29, 1.82) is 0 Å². The molecule has 0 saturated heterocycles. The zero-order valence-electron chi connectivity index (χ0n) is 13.5. The highest BCUT2D eigenvalue weighted by atomic mass is 15.2. The van der Waals surface area contributed by atoms with Crippen molar-refractivity contribution in [2.24, 2.45) is 5.92 Å². The Hall–Kier alpha value is -1.97. The van der Waals surface area contributed by atoms with Crippen molar-refractivity contribution < 1.29 is 0 Å². The number of pyridine rings is 1. The Morgan fingerprint density at radius 2 is 1.76 bits per heavy atom. The maximum Gasteiger partial charge on any atom is 0.161 e. The number of aryl methyl sites for hydroxylation is 1. The summed E-state index contributed by atoms with van der Waals surface area (Å²) in [5.74, 6) is 2.32. The molecule has 0 N–H and O–H groups in total. The summed E-state index contributed by atoms with van der Waals surface area (Å²) in [5.41, 5.74) is 2.07. The summed E-state index contributed by atoms with van der Waals surface area (Å²) in [5, 5.41) is 0. The van der Waals surface area contributed by atoms with E-state index < -0.39 is 0 Å². The third-order valence-corrected chi connectivity index (χ3v) is 4.00. The summed E-state index contributed by atoms with van der Waals surface area (Å²) < 4.78 is 0. The highest BCUT2D eigenvalue weighted by molar-refractivity contribution is 5.57. The Balaban J connectivity index is 2.43. The number of hydrogen-bond donors (Lipinski definition) is 0. The first-order valence-corrected chi connectivity index (χ1v) is 7.54. The molecule has 4 heteroatoms. The summed E-state index contributed by atoms with van der Waals surface area (Å²) in [7, 11) is 2.10. The van der Waals surface area contributed by atoms with Gasteiger partial charge < -0.3 is 4.90 Å². The minimum Gasteiger partial charge on any atom is -0.357 e. The van der Waals surface area contributed by atoms with Gasteiger partial charge in [-0.15, -0.1) is 0 Å². The number of nitrogens with zero attached hydrogens (tertiary/aromatic N) is 4. The minimum atomic E-state index is 0.426. The fraction of sp³-hybridized carbons (Fsp3) is 0.471. The predicted octanol–water partition coefficient (Wildman–Crippen LogP) is 3.58. The Bertz CT molecular complexity index is 581. The molecule has 112 valence electrons. The molecule has 0 bridgehead atoms. The highest BCUT2D eigenvalue weighted by Crippen LogP contribution is 2.22. The molecule has 0 aliphatic rings. The van der Waals surface area contributed by atoms with Crippen molar-refractivity contribution in [2.75, 3.05) is 11.9 Å². The van der Waals surface area contributed by atoms with Crippen LogP contribution in [0.25, 0.3) is 11.4 Å². The zero-order valence-corrected chi connectivity index (χ0v) is 13.5. The van der Waals surface area contributed by atoms with Crippen molar-refractivity contribution in [1.82, 2.24) is 15.0 Å². The lowest BCUT2D eigenvalue weighted by molar-refractivity contribution is 0.502. The molecule has 0 unspecified atom stereocenters. The average Bonchev–Trinajstić information content (AvgIpc) is 2.53. The maximum atomic E-state index is 4.74. The first-order chi connectivity index (χ1) is 10.0. The van der Waals surface area contributed by atoms with Gasteiger partial charge in [0.25, 0.3) is 0 Å². The van der Waals surface area contributed by atoms with Gasteiger partial charge in [-0.1, -0.05) is 20.8 Å². The van der Waals surface area contributed by atoms with Crippen LogP contribution in [-0.4, -0.2) is 28.0 Å². The lowest BCUT2D eigenvalue weighted by atomic mass is 10.1. The van der Waals surface area contributed by atoms with Crippen molar-refractivity contribution in [3.63, 3.8) is 0 Å². The molecule has 0 amide bonds. The Morgan fingerprint density at radius 1 is 1.10 bits per heavy atom. The van der Waals surface area contributed by atoms with Gasteiger partial charge in [0.1, 0.15) is 5.82 Å². The van der Waals surface area contributed by atoms with Crippen LogP contribution in [0.1, 0.15) is 33.4 Å². The second-order valence-electron chi connectivity index (χ2n) is 5.73. The van der Waals surface area contributed by atoms with E-state index in [4.69, 9.17) is 4.98 Å². The van der Waals surface area contributed by atoms with E-state index in [1.807, 2.05) is 12.1 Å². The molecule has 1 atom stereocenters. The fourth-order valence-corrected chi connectivity index (χ4v) is 2.13. The molecule has 2 rings (SSSR count).